The molecule has 0 unspecified atom stereocenters. The van der Waals surface area contributed by atoms with Crippen molar-refractivity contribution in [2.45, 2.75) is 122 Å². The van der Waals surface area contributed by atoms with E-state index in [-0.39, 0.29) is 0 Å². The van der Waals surface area contributed by atoms with Crippen molar-refractivity contribution in [1.29, 1.82) is 0 Å². The zero-order valence-corrected chi connectivity index (χ0v) is 18.8. The first-order valence-electron chi connectivity index (χ1n) is 12.4. The summed E-state index contributed by atoms with van der Waals surface area (Å²) in [6, 6.07) is 0. The molecule has 1 saturated heterocycles. The number of unbranched alkanes of at least 4 members (excludes halogenated alkanes) is 12. The first-order chi connectivity index (χ1) is 13.8. The van der Waals surface area contributed by atoms with Gasteiger partial charge in [-0.15, -0.1) is 0 Å². The number of hydrogen-bond donors (Lipinski definition) is 0. The lowest BCUT2D eigenvalue weighted by Crippen LogP contribution is -2.27. The molecule has 1 rings (SSSR count). The smallest absolute Gasteiger partial charge is 0.222 e. The molecule has 0 N–H and O–H groups in total. The van der Waals surface area contributed by atoms with Gasteiger partial charge in [-0.1, -0.05) is 69.8 Å². The molecule has 1 aliphatic heterocycles. The Kier molecular flexibility index (Phi) is 17.2. The fourth-order valence-electron chi connectivity index (χ4n) is 3.88. The molecule has 1 aliphatic rings. The maximum atomic E-state index is 11.9. The van der Waals surface area contributed by atoms with Gasteiger partial charge in [0.25, 0.3) is 0 Å². The minimum atomic E-state index is 0.383. The number of allylic oxidation sites excluding steroid dienone is 4. The minimum Gasteiger partial charge on any atom is -0.343 e. The number of carbonyl (C=O) groups is 1. The Morgan fingerprint density at radius 2 is 1.07 bits per heavy atom. The Hall–Kier alpha value is -1.05. The molecule has 1 amide bonds. The highest BCUT2D eigenvalue weighted by molar-refractivity contribution is 5.76. The first kappa shape index (κ1) is 25.0. The molecule has 2 heteroatoms. The Morgan fingerprint density at radius 3 is 1.61 bits per heavy atom. The summed E-state index contributed by atoms with van der Waals surface area (Å²) in [5.41, 5.74) is 0. The average molecular weight is 390 g/mol. The lowest BCUT2D eigenvalue weighted by molar-refractivity contribution is -0.130. The van der Waals surface area contributed by atoms with E-state index in [4.69, 9.17) is 0 Å². The first-order valence-corrected chi connectivity index (χ1v) is 12.4. The van der Waals surface area contributed by atoms with Crippen LogP contribution in [0.25, 0.3) is 0 Å². The summed E-state index contributed by atoms with van der Waals surface area (Å²) in [7, 11) is 0. The lowest BCUT2D eigenvalue weighted by Gasteiger charge is -2.14. The third-order valence-corrected chi connectivity index (χ3v) is 5.77. The standard InChI is InChI=1S/C26H47NO/c1-2-3-4-5-6-7-8-9-10-11-12-13-14-15-16-17-18-19-20-23-26(28)27-24-21-22-25-27/h9-10,15-16H,2-8,11-14,17-25H2,1H3/b10-9-,16-15-. The highest BCUT2D eigenvalue weighted by atomic mass is 16.2. The average Bonchev–Trinajstić information content (AvgIpc) is 3.24. The zero-order valence-electron chi connectivity index (χ0n) is 18.8. The fourth-order valence-corrected chi connectivity index (χ4v) is 3.88. The fraction of sp³-hybridized carbons (Fsp3) is 0.808. The van der Waals surface area contributed by atoms with E-state index in [0.29, 0.717) is 5.91 Å². The van der Waals surface area contributed by atoms with E-state index >= 15 is 0 Å². The predicted molar refractivity (Wildman–Crippen MR) is 124 cm³/mol. The van der Waals surface area contributed by atoms with Crippen molar-refractivity contribution in [1.82, 2.24) is 4.90 Å². The molecule has 2 nitrogen and oxygen atoms in total. The largest absolute Gasteiger partial charge is 0.343 e. The second-order valence-corrected chi connectivity index (χ2v) is 8.47. The summed E-state index contributed by atoms with van der Waals surface area (Å²) in [6.07, 6.45) is 32.0. The SMILES string of the molecule is CCCCCCCC/C=C\CCCC/C=C\CCCCCC(=O)N1CCCC1. The van der Waals surface area contributed by atoms with E-state index in [2.05, 4.69) is 31.2 Å². The van der Waals surface area contributed by atoms with Crippen LogP contribution in [0.5, 0.6) is 0 Å². The molecule has 0 spiro atoms. The number of rotatable bonds is 18. The van der Waals surface area contributed by atoms with Gasteiger partial charge < -0.3 is 4.90 Å². The quantitative estimate of drug-likeness (QED) is 0.172. The van der Waals surface area contributed by atoms with E-state index in [0.717, 1.165) is 25.9 Å². The maximum Gasteiger partial charge on any atom is 0.222 e. The van der Waals surface area contributed by atoms with Crippen molar-refractivity contribution in [2.24, 2.45) is 0 Å². The van der Waals surface area contributed by atoms with Gasteiger partial charge in [-0.3, -0.25) is 4.79 Å². The highest BCUT2D eigenvalue weighted by Crippen LogP contribution is 2.12. The van der Waals surface area contributed by atoms with E-state index in [1.807, 2.05) is 4.90 Å². The number of likely N-dealkylation sites (tertiary alicyclic amines) is 1. The summed E-state index contributed by atoms with van der Waals surface area (Å²) in [5.74, 6) is 0.383. The Labute approximate surface area is 175 Å². The van der Waals surface area contributed by atoms with Crippen LogP contribution in [-0.4, -0.2) is 23.9 Å². The van der Waals surface area contributed by atoms with Gasteiger partial charge in [0.15, 0.2) is 0 Å². The molecule has 0 aromatic rings. The summed E-state index contributed by atoms with van der Waals surface area (Å²) < 4.78 is 0. The van der Waals surface area contributed by atoms with Crippen LogP contribution in [0, 0.1) is 0 Å². The molecule has 0 aliphatic carbocycles. The molecule has 0 saturated carbocycles. The Morgan fingerprint density at radius 1 is 0.643 bits per heavy atom. The van der Waals surface area contributed by atoms with Crippen LogP contribution < -0.4 is 0 Å². The van der Waals surface area contributed by atoms with Crippen molar-refractivity contribution in [3.05, 3.63) is 24.3 Å². The van der Waals surface area contributed by atoms with Gasteiger partial charge in [0.1, 0.15) is 0 Å². The highest BCUT2D eigenvalue weighted by Gasteiger charge is 2.16. The second kappa shape index (κ2) is 19.3. The Balaban J connectivity index is 1.77. The summed E-state index contributed by atoms with van der Waals surface area (Å²) in [4.78, 5) is 14.0. The third-order valence-electron chi connectivity index (χ3n) is 5.77. The van der Waals surface area contributed by atoms with Crippen LogP contribution in [-0.2, 0) is 4.79 Å². The van der Waals surface area contributed by atoms with Crippen LogP contribution in [0.4, 0.5) is 0 Å². The van der Waals surface area contributed by atoms with Crippen molar-refractivity contribution < 1.29 is 4.79 Å². The molecule has 0 radical (unpaired) electrons. The second-order valence-electron chi connectivity index (χ2n) is 8.47. The van der Waals surface area contributed by atoms with Crippen molar-refractivity contribution in [3.63, 3.8) is 0 Å². The number of nitrogens with zero attached hydrogens (tertiary/aromatic N) is 1. The normalized spacial score (nSPS) is 14.7. The van der Waals surface area contributed by atoms with E-state index in [1.165, 1.54) is 103 Å². The van der Waals surface area contributed by atoms with Gasteiger partial charge in [-0.25, -0.2) is 0 Å². The number of hydrogen-bond acceptors (Lipinski definition) is 1. The van der Waals surface area contributed by atoms with Crippen molar-refractivity contribution in [2.75, 3.05) is 13.1 Å². The van der Waals surface area contributed by atoms with E-state index < -0.39 is 0 Å². The van der Waals surface area contributed by atoms with E-state index in [9.17, 15) is 4.79 Å². The van der Waals surface area contributed by atoms with Gasteiger partial charge >= 0.3 is 0 Å². The topological polar surface area (TPSA) is 20.3 Å². The number of amides is 1. The molecule has 1 heterocycles. The molecule has 0 bridgehead atoms. The third kappa shape index (κ3) is 14.9. The van der Waals surface area contributed by atoms with Crippen LogP contribution in [0.1, 0.15) is 122 Å². The summed E-state index contributed by atoms with van der Waals surface area (Å²) in [5, 5.41) is 0. The van der Waals surface area contributed by atoms with Gasteiger partial charge in [-0.2, -0.15) is 0 Å². The van der Waals surface area contributed by atoms with Crippen LogP contribution in [0.2, 0.25) is 0 Å². The minimum absolute atomic E-state index is 0.383. The summed E-state index contributed by atoms with van der Waals surface area (Å²) in [6.45, 7) is 4.27. The number of carbonyl (C=O) groups excluding carboxylic acids is 1. The maximum absolute atomic E-state index is 11.9. The Bertz CT molecular complexity index is 407. The molecule has 0 aromatic carbocycles. The molecule has 1 fully saturated rings. The van der Waals surface area contributed by atoms with Crippen molar-refractivity contribution >= 4 is 5.91 Å². The van der Waals surface area contributed by atoms with Crippen molar-refractivity contribution in [3.8, 4) is 0 Å². The zero-order chi connectivity index (χ0) is 20.1. The summed E-state index contributed by atoms with van der Waals surface area (Å²) >= 11 is 0. The monoisotopic (exact) mass is 389 g/mol. The molecular weight excluding hydrogens is 342 g/mol. The van der Waals surface area contributed by atoms with Gasteiger partial charge in [-0.05, 0) is 70.6 Å². The molecule has 162 valence electrons. The van der Waals surface area contributed by atoms with Gasteiger partial charge in [0.2, 0.25) is 5.91 Å². The lowest BCUT2D eigenvalue weighted by atomic mass is 10.1. The van der Waals surface area contributed by atoms with Gasteiger partial charge in [0, 0.05) is 19.5 Å². The van der Waals surface area contributed by atoms with Crippen LogP contribution in [0.3, 0.4) is 0 Å². The van der Waals surface area contributed by atoms with Crippen LogP contribution in [0.15, 0.2) is 24.3 Å². The predicted octanol–water partition coefficient (Wildman–Crippen LogP) is 7.98. The van der Waals surface area contributed by atoms with Gasteiger partial charge in [0.05, 0.1) is 0 Å². The molecule has 0 atom stereocenters. The molecule has 28 heavy (non-hydrogen) atoms. The molecule has 0 aromatic heterocycles. The molecular formula is C26H47NO. The van der Waals surface area contributed by atoms with E-state index in [1.54, 1.807) is 0 Å². The van der Waals surface area contributed by atoms with Crippen LogP contribution >= 0.6 is 0 Å².